The van der Waals surface area contributed by atoms with E-state index in [0.29, 0.717) is 11.9 Å². The zero-order valence-electron chi connectivity index (χ0n) is 9.45. The van der Waals surface area contributed by atoms with Crippen molar-refractivity contribution in [3.63, 3.8) is 0 Å². The first kappa shape index (κ1) is 11.5. The van der Waals surface area contributed by atoms with Gasteiger partial charge in [0.25, 0.3) is 5.56 Å². The van der Waals surface area contributed by atoms with Crippen LogP contribution in [0.15, 0.2) is 10.9 Å². The summed E-state index contributed by atoms with van der Waals surface area (Å²) in [5, 5.41) is 3.34. The molecule has 0 spiro atoms. The number of aryl methyl sites for hydroxylation is 1. The molecule has 2 heterocycles. The Morgan fingerprint density at radius 2 is 2.56 bits per heavy atom. The Kier molecular flexibility index (Phi) is 3.88. The molecule has 1 aromatic heterocycles. The van der Waals surface area contributed by atoms with Crippen molar-refractivity contribution >= 4 is 17.6 Å². The molecule has 4 nitrogen and oxygen atoms in total. The summed E-state index contributed by atoms with van der Waals surface area (Å²) >= 11 is 1.96. The Bertz CT molecular complexity index is 398. The average molecular weight is 239 g/mol. The number of nitrogens with one attached hydrogen (secondary N) is 2. The third-order valence-corrected chi connectivity index (χ3v) is 3.85. The topological polar surface area (TPSA) is 57.8 Å². The van der Waals surface area contributed by atoms with Gasteiger partial charge in [-0.25, -0.2) is 4.98 Å². The number of nitrogens with zero attached hydrogens (tertiary/aromatic N) is 1. The standard InChI is InChI=1S/C11H17N3OS/c1-2-9-13-10(6-11(15)14-9)12-8-4-3-5-16-7-8/h6,8H,2-5,7H2,1H3,(H2,12,13,14,15). The predicted octanol–water partition coefficient (Wildman–Crippen LogP) is 1.64. The number of anilines is 1. The van der Waals surface area contributed by atoms with E-state index in [2.05, 4.69) is 15.3 Å². The van der Waals surface area contributed by atoms with E-state index < -0.39 is 0 Å². The van der Waals surface area contributed by atoms with Crippen molar-refractivity contribution in [2.24, 2.45) is 0 Å². The van der Waals surface area contributed by atoms with E-state index in [1.165, 1.54) is 18.6 Å². The molecule has 1 aromatic rings. The molecule has 5 heteroatoms. The van der Waals surface area contributed by atoms with Crippen LogP contribution in [0.3, 0.4) is 0 Å². The Balaban J connectivity index is 2.07. The number of rotatable bonds is 3. The van der Waals surface area contributed by atoms with Crippen molar-refractivity contribution < 1.29 is 0 Å². The van der Waals surface area contributed by atoms with Gasteiger partial charge in [-0.15, -0.1) is 0 Å². The summed E-state index contributed by atoms with van der Waals surface area (Å²) < 4.78 is 0. The minimum atomic E-state index is -0.0715. The van der Waals surface area contributed by atoms with Gasteiger partial charge in [0.05, 0.1) is 0 Å². The molecular weight excluding hydrogens is 222 g/mol. The van der Waals surface area contributed by atoms with Crippen LogP contribution in [0.2, 0.25) is 0 Å². The molecule has 1 unspecified atom stereocenters. The summed E-state index contributed by atoms with van der Waals surface area (Å²) in [6, 6.07) is 2.00. The van der Waals surface area contributed by atoms with Crippen LogP contribution in [0.5, 0.6) is 0 Å². The number of aromatic amines is 1. The van der Waals surface area contributed by atoms with Gasteiger partial charge in [0.15, 0.2) is 0 Å². The number of H-pyrrole nitrogens is 1. The maximum Gasteiger partial charge on any atom is 0.252 e. The molecule has 1 fully saturated rings. The van der Waals surface area contributed by atoms with Crippen LogP contribution >= 0.6 is 11.8 Å². The second-order valence-electron chi connectivity index (χ2n) is 3.99. The molecule has 0 radical (unpaired) electrons. The van der Waals surface area contributed by atoms with Gasteiger partial charge in [0.2, 0.25) is 0 Å². The third kappa shape index (κ3) is 3.01. The van der Waals surface area contributed by atoms with Crippen molar-refractivity contribution in [2.45, 2.75) is 32.2 Å². The molecular formula is C11H17N3OS. The highest BCUT2D eigenvalue weighted by atomic mass is 32.2. The van der Waals surface area contributed by atoms with Gasteiger partial charge in [-0.05, 0) is 18.6 Å². The van der Waals surface area contributed by atoms with Gasteiger partial charge >= 0.3 is 0 Å². The van der Waals surface area contributed by atoms with Crippen LogP contribution in [0.25, 0.3) is 0 Å². The summed E-state index contributed by atoms with van der Waals surface area (Å²) in [5.74, 6) is 3.82. The SMILES string of the molecule is CCc1nc(NC2CCCSC2)cc(=O)[nH]1. The van der Waals surface area contributed by atoms with Gasteiger partial charge in [-0.1, -0.05) is 6.92 Å². The molecule has 0 aliphatic carbocycles. The fourth-order valence-electron chi connectivity index (χ4n) is 1.81. The fourth-order valence-corrected chi connectivity index (χ4v) is 2.89. The normalized spacial score (nSPS) is 20.7. The maximum absolute atomic E-state index is 11.4. The molecule has 16 heavy (non-hydrogen) atoms. The second-order valence-corrected chi connectivity index (χ2v) is 5.14. The molecule has 0 bridgehead atoms. The maximum atomic E-state index is 11.4. The predicted molar refractivity (Wildman–Crippen MR) is 68.2 cm³/mol. The average Bonchev–Trinajstić information content (AvgIpc) is 2.29. The molecule has 0 saturated carbocycles. The highest BCUT2D eigenvalue weighted by molar-refractivity contribution is 7.99. The molecule has 2 rings (SSSR count). The molecule has 88 valence electrons. The lowest BCUT2D eigenvalue weighted by Crippen LogP contribution is -2.27. The lowest BCUT2D eigenvalue weighted by molar-refractivity contribution is 0.680. The third-order valence-electron chi connectivity index (χ3n) is 2.64. The lowest BCUT2D eigenvalue weighted by atomic mass is 10.2. The smallest absolute Gasteiger partial charge is 0.252 e. The number of hydrogen-bond donors (Lipinski definition) is 2. The minimum absolute atomic E-state index is 0.0715. The van der Waals surface area contributed by atoms with Crippen LogP contribution in [-0.2, 0) is 6.42 Å². The summed E-state index contributed by atoms with van der Waals surface area (Å²) in [7, 11) is 0. The van der Waals surface area contributed by atoms with Gasteiger partial charge < -0.3 is 10.3 Å². The van der Waals surface area contributed by atoms with Gasteiger partial charge in [0.1, 0.15) is 11.6 Å². The molecule has 1 saturated heterocycles. The van der Waals surface area contributed by atoms with Crippen LogP contribution in [-0.4, -0.2) is 27.5 Å². The molecule has 0 aromatic carbocycles. The fraction of sp³-hybridized carbons (Fsp3) is 0.636. The van der Waals surface area contributed by atoms with Gasteiger partial charge in [-0.2, -0.15) is 11.8 Å². The first-order chi connectivity index (χ1) is 7.78. The Morgan fingerprint density at radius 3 is 3.25 bits per heavy atom. The number of hydrogen-bond acceptors (Lipinski definition) is 4. The van der Waals surface area contributed by atoms with E-state index in [9.17, 15) is 4.79 Å². The van der Waals surface area contributed by atoms with Gasteiger partial charge in [-0.3, -0.25) is 4.79 Å². The van der Waals surface area contributed by atoms with E-state index >= 15 is 0 Å². The quantitative estimate of drug-likeness (QED) is 0.842. The van der Waals surface area contributed by atoms with Crippen LogP contribution in [0.4, 0.5) is 5.82 Å². The molecule has 2 N–H and O–H groups in total. The Hall–Kier alpha value is -0.970. The van der Waals surface area contributed by atoms with Crippen molar-refractivity contribution in [1.82, 2.24) is 9.97 Å². The monoisotopic (exact) mass is 239 g/mol. The number of aromatic nitrogens is 2. The van der Waals surface area contributed by atoms with Crippen LogP contribution in [0.1, 0.15) is 25.6 Å². The Labute approximate surface area is 99.3 Å². The summed E-state index contributed by atoms with van der Waals surface area (Å²) in [5.41, 5.74) is -0.0715. The highest BCUT2D eigenvalue weighted by Gasteiger charge is 2.14. The summed E-state index contributed by atoms with van der Waals surface area (Å²) in [6.45, 7) is 1.98. The van der Waals surface area contributed by atoms with Gasteiger partial charge in [0, 0.05) is 24.3 Å². The highest BCUT2D eigenvalue weighted by Crippen LogP contribution is 2.19. The van der Waals surface area contributed by atoms with Crippen molar-refractivity contribution in [3.8, 4) is 0 Å². The van der Waals surface area contributed by atoms with E-state index in [-0.39, 0.29) is 5.56 Å². The lowest BCUT2D eigenvalue weighted by Gasteiger charge is -2.22. The molecule has 1 atom stereocenters. The van der Waals surface area contributed by atoms with E-state index in [0.717, 1.165) is 18.0 Å². The van der Waals surface area contributed by atoms with E-state index in [1.54, 1.807) is 6.07 Å². The largest absolute Gasteiger partial charge is 0.366 e. The summed E-state index contributed by atoms with van der Waals surface area (Å²) in [6.07, 6.45) is 3.17. The Morgan fingerprint density at radius 1 is 1.69 bits per heavy atom. The van der Waals surface area contributed by atoms with Crippen LogP contribution in [0, 0.1) is 0 Å². The van der Waals surface area contributed by atoms with Crippen molar-refractivity contribution in [3.05, 3.63) is 22.2 Å². The van der Waals surface area contributed by atoms with E-state index in [4.69, 9.17) is 0 Å². The zero-order chi connectivity index (χ0) is 11.4. The second kappa shape index (κ2) is 5.39. The zero-order valence-corrected chi connectivity index (χ0v) is 10.3. The van der Waals surface area contributed by atoms with E-state index in [1.807, 2.05) is 18.7 Å². The molecule has 1 aliphatic rings. The summed E-state index contributed by atoms with van der Waals surface area (Å²) in [4.78, 5) is 18.5. The van der Waals surface area contributed by atoms with Crippen molar-refractivity contribution in [2.75, 3.05) is 16.8 Å². The van der Waals surface area contributed by atoms with Crippen molar-refractivity contribution in [1.29, 1.82) is 0 Å². The number of thioether (sulfide) groups is 1. The minimum Gasteiger partial charge on any atom is -0.366 e. The molecule has 1 aliphatic heterocycles. The first-order valence-electron chi connectivity index (χ1n) is 5.72. The molecule has 0 amide bonds. The van der Waals surface area contributed by atoms with Crippen LogP contribution < -0.4 is 10.9 Å². The first-order valence-corrected chi connectivity index (χ1v) is 6.88.